The Bertz CT molecular complexity index is 1850. The smallest absolute Gasteiger partial charge is 0.339 e. The number of methoxy groups -OCH3 is 1. The van der Waals surface area contributed by atoms with Crippen molar-refractivity contribution >= 4 is 29.3 Å². The molecule has 0 aliphatic carbocycles. The third kappa shape index (κ3) is 5.56. The van der Waals surface area contributed by atoms with Crippen LogP contribution in [0.2, 0.25) is 0 Å². The first-order chi connectivity index (χ1) is 21.4. The molecule has 1 atom stereocenters. The first-order valence-corrected chi connectivity index (χ1v) is 13.7. The van der Waals surface area contributed by atoms with Crippen LogP contribution >= 0.6 is 0 Å². The second kappa shape index (κ2) is 12.1. The highest BCUT2D eigenvalue weighted by atomic mass is 16.5. The van der Waals surface area contributed by atoms with Gasteiger partial charge in [0.15, 0.2) is 6.10 Å². The fraction of sp³-hybridized carbons (Fsp3) is 0.0556. The second-order valence-electron chi connectivity index (χ2n) is 9.90. The SMILES string of the molecule is COc1ccc(C(=O)C(OC(=O)c2ccc3c(c2)C(=O)N(c2ccc(Oc4ccccc4)cc2)C3=O)c2ccccc2)cc1. The van der Waals surface area contributed by atoms with Crippen LogP contribution in [0, 0.1) is 0 Å². The Kier molecular flexibility index (Phi) is 7.71. The highest BCUT2D eigenvalue weighted by Gasteiger charge is 2.37. The van der Waals surface area contributed by atoms with E-state index in [-0.39, 0.29) is 16.7 Å². The summed E-state index contributed by atoms with van der Waals surface area (Å²) in [5, 5.41) is 0. The van der Waals surface area contributed by atoms with E-state index in [1.807, 2.05) is 30.3 Å². The minimum atomic E-state index is -1.24. The second-order valence-corrected chi connectivity index (χ2v) is 9.90. The number of hydrogen-bond donors (Lipinski definition) is 0. The van der Waals surface area contributed by atoms with Crippen LogP contribution in [0.3, 0.4) is 0 Å². The van der Waals surface area contributed by atoms with Gasteiger partial charge in [-0.3, -0.25) is 14.4 Å². The molecule has 5 aromatic rings. The van der Waals surface area contributed by atoms with Gasteiger partial charge in [0, 0.05) is 11.1 Å². The molecule has 0 aromatic heterocycles. The monoisotopic (exact) mass is 583 g/mol. The van der Waals surface area contributed by atoms with Crippen molar-refractivity contribution in [3.63, 3.8) is 0 Å². The van der Waals surface area contributed by atoms with Crippen molar-refractivity contribution in [1.82, 2.24) is 0 Å². The van der Waals surface area contributed by atoms with Crippen LogP contribution in [0.15, 0.2) is 127 Å². The molecule has 8 heteroatoms. The summed E-state index contributed by atoms with van der Waals surface area (Å²) < 4.78 is 16.7. The van der Waals surface area contributed by atoms with Crippen molar-refractivity contribution in [2.75, 3.05) is 12.0 Å². The average molecular weight is 584 g/mol. The van der Waals surface area contributed by atoms with Gasteiger partial charge in [-0.25, -0.2) is 9.69 Å². The Morgan fingerprint density at radius 3 is 1.84 bits per heavy atom. The molecule has 0 radical (unpaired) electrons. The molecule has 0 bridgehead atoms. The number of fused-ring (bicyclic) bond motifs is 1. The van der Waals surface area contributed by atoms with Gasteiger partial charge in [-0.2, -0.15) is 0 Å². The van der Waals surface area contributed by atoms with Gasteiger partial charge in [0.25, 0.3) is 11.8 Å². The minimum Gasteiger partial charge on any atom is -0.497 e. The number of imide groups is 1. The molecule has 1 heterocycles. The molecule has 1 aliphatic rings. The van der Waals surface area contributed by atoms with E-state index in [1.54, 1.807) is 78.9 Å². The summed E-state index contributed by atoms with van der Waals surface area (Å²) in [7, 11) is 1.53. The van der Waals surface area contributed by atoms with Gasteiger partial charge < -0.3 is 14.2 Å². The maximum absolute atomic E-state index is 13.5. The third-order valence-electron chi connectivity index (χ3n) is 7.14. The predicted octanol–water partition coefficient (Wildman–Crippen LogP) is 7.07. The first-order valence-electron chi connectivity index (χ1n) is 13.7. The summed E-state index contributed by atoms with van der Waals surface area (Å²) in [5.74, 6) is -0.559. The minimum absolute atomic E-state index is 0.0295. The van der Waals surface area contributed by atoms with E-state index in [9.17, 15) is 19.2 Å². The van der Waals surface area contributed by atoms with Crippen LogP contribution in [0.1, 0.15) is 53.1 Å². The molecular formula is C36H25NO7. The number of ether oxygens (including phenoxy) is 3. The zero-order valence-electron chi connectivity index (χ0n) is 23.5. The molecule has 0 saturated heterocycles. The Labute approximate surface area is 253 Å². The highest BCUT2D eigenvalue weighted by Crippen LogP contribution is 2.32. The maximum atomic E-state index is 13.5. The Hall–Kier alpha value is -6.02. The lowest BCUT2D eigenvalue weighted by atomic mass is 9.99. The van der Waals surface area contributed by atoms with Gasteiger partial charge >= 0.3 is 5.97 Å². The van der Waals surface area contributed by atoms with Crippen molar-refractivity contribution < 1.29 is 33.4 Å². The summed E-state index contributed by atoms with van der Waals surface area (Å²) in [6.07, 6.45) is -1.24. The molecular weight excluding hydrogens is 558 g/mol. The average Bonchev–Trinajstić information content (AvgIpc) is 3.33. The molecule has 0 saturated carbocycles. The number of carbonyl (C=O) groups is 4. The number of amides is 2. The normalized spacial score (nSPS) is 12.8. The molecule has 5 aromatic carbocycles. The first kappa shape index (κ1) is 28.1. The van der Waals surface area contributed by atoms with Crippen molar-refractivity contribution in [3.8, 4) is 17.2 Å². The summed E-state index contributed by atoms with van der Waals surface area (Å²) in [6, 6.07) is 35.1. The Balaban J connectivity index is 1.22. The number of ketones is 1. The number of rotatable bonds is 9. The zero-order valence-corrected chi connectivity index (χ0v) is 23.5. The topological polar surface area (TPSA) is 99.2 Å². The van der Waals surface area contributed by atoms with Crippen LogP contribution < -0.4 is 14.4 Å². The number of esters is 1. The van der Waals surface area contributed by atoms with Gasteiger partial charge in [-0.1, -0.05) is 48.5 Å². The summed E-state index contributed by atoms with van der Waals surface area (Å²) in [6.45, 7) is 0. The predicted molar refractivity (Wildman–Crippen MR) is 162 cm³/mol. The zero-order chi connectivity index (χ0) is 30.6. The van der Waals surface area contributed by atoms with Gasteiger partial charge in [-0.15, -0.1) is 0 Å². The van der Waals surface area contributed by atoms with E-state index in [0.29, 0.717) is 34.1 Å². The third-order valence-corrected chi connectivity index (χ3v) is 7.14. The number of Topliss-reactive ketones (excluding diaryl/α,β-unsaturated/α-hetero) is 1. The van der Waals surface area contributed by atoms with Crippen molar-refractivity contribution in [2.45, 2.75) is 6.10 Å². The van der Waals surface area contributed by atoms with E-state index in [1.165, 1.54) is 25.3 Å². The van der Waals surface area contributed by atoms with Crippen LogP contribution in [0.25, 0.3) is 0 Å². The molecule has 0 spiro atoms. The highest BCUT2D eigenvalue weighted by molar-refractivity contribution is 6.34. The molecule has 6 rings (SSSR count). The molecule has 1 unspecified atom stereocenters. The Morgan fingerprint density at radius 2 is 1.18 bits per heavy atom. The number of carbonyl (C=O) groups excluding carboxylic acids is 4. The van der Waals surface area contributed by atoms with Gasteiger partial charge in [0.2, 0.25) is 5.78 Å². The molecule has 216 valence electrons. The van der Waals surface area contributed by atoms with E-state index in [4.69, 9.17) is 14.2 Å². The summed E-state index contributed by atoms with van der Waals surface area (Å²) in [5.41, 5.74) is 1.42. The lowest BCUT2D eigenvalue weighted by Crippen LogP contribution is -2.29. The van der Waals surface area contributed by atoms with Crippen molar-refractivity contribution in [3.05, 3.63) is 155 Å². The standard InChI is InChI=1S/C36H25NO7/c1-42-27-17-12-23(13-18-27)32(38)33(24-8-4-2-5-9-24)44-36(41)25-14-21-30-31(22-25)35(40)37(34(30)39)26-15-19-29(20-16-26)43-28-10-6-3-7-11-28/h2-22,33H,1H3. The molecule has 1 aliphatic heterocycles. The van der Waals surface area contributed by atoms with Crippen LogP contribution in [0.5, 0.6) is 17.2 Å². The molecule has 44 heavy (non-hydrogen) atoms. The molecule has 0 fully saturated rings. The van der Waals surface area contributed by atoms with Crippen molar-refractivity contribution in [2.24, 2.45) is 0 Å². The lowest BCUT2D eigenvalue weighted by molar-refractivity contribution is 0.0280. The van der Waals surface area contributed by atoms with E-state index < -0.39 is 29.7 Å². The number of nitrogens with zero attached hydrogens (tertiary/aromatic N) is 1. The Morgan fingerprint density at radius 1 is 0.614 bits per heavy atom. The van der Waals surface area contributed by atoms with Crippen LogP contribution in [-0.4, -0.2) is 30.7 Å². The quantitative estimate of drug-likeness (QED) is 0.104. The number of hydrogen-bond acceptors (Lipinski definition) is 7. The molecule has 0 N–H and O–H groups in total. The number of para-hydroxylation sites is 1. The fourth-order valence-electron chi connectivity index (χ4n) is 4.87. The summed E-state index contributed by atoms with van der Waals surface area (Å²) >= 11 is 0. The maximum Gasteiger partial charge on any atom is 0.339 e. The van der Waals surface area contributed by atoms with E-state index >= 15 is 0 Å². The van der Waals surface area contributed by atoms with Crippen LogP contribution in [-0.2, 0) is 4.74 Å². The largest absolute Gasteiger partial charge is 0.497 e. The van der Waals surface area contributed by atoms with E-state index in [2.05, 4.69) is 0 Å². The summed E-state index contributed by atoms with van der Waals surface area (Å²) in [4.78, 5) is 54.5. The van der Waals surface area contributed by atoms with Crippen LogP contribution in [0.4, 0.5) is 5.69 Å². The molecule has 8 nitrogen and oxygen atoms in total. The lowest BCUT2D eigenvalue weighted by Gasteiger charge is -2.18. The molecule has 2 amide bonds. The fourth-order valence-corrected chi connectivity index (χ4v) is 4.87. The van der Waals surface area contributed by atoms with Gasteiger partial charge in [0.1, 0.15) is 17.2 Å². The van der Waals surface area contributed by atoms with E-state index in [0.717, 1.165) is 4.90 Å². The van der Waals surface area contributed by atoms with Gasteiger partial charge in [-0.05, 0) is 78.9 Å². The van der Waals surface area contributed by atoms with Gasteiger partial charge in [0.05, 0.1) is 29.5 Å². The number of anilines is 1. The van der Waals surface area contributed by atoms with Crippen molar-refractivity contribution in [1.29, 1.82) is 0 Å². The number of benzene rings is 5.